The van der Waals surface area contributed by atoms with Gasteiger partial charge in [-0.15, -0.1) is 0 Å². The summed E-state index contributed by atoms with van der Waals surface area (Å²) in [6.45, 7) is 2.45. The molecular weight excluding hydrogens is 338 g/mol. The van der Waals surface area contributed by atoms with Gasteiger partial charge in [-0.2, -0.15) is 0 Å². The largest absolute Gasteiger partial charge is 0.451 e. The lowest BCUT2D eigenvalue weighted by Crippen LogP contribution is -2.55. The minimum absolute atomic E-state index is 0.120. The summed E-state index contributed by atoms with van der Waals surface area (Å²) in [4.78, 5) is 12.0. The van der Waals surface area contributed by atoms with Gasteiger partial charge in [-0.25, -0.2) is 4.79 Å². The van der Waals surface area contributed by atoms with Gasteiger partial charge in [0.2, 0.25) is 0 Å². The molecule has 0 bridgehead atoms. The lowest BCUT2D eigenvalue weighted by atomic mass is 9.49. The minimum Gasteiger partial charge on any atom is -0.451 e. The zero-order valence-electron chi connectivity index (χ0n) is 15.8. The first-order valence-corrected chi connectivity index (χ1v) is 10.9. The molecule has 10 atom stereocenters. The molecule has 0 saturated heterocycles. The molecule has 3 unspecified atom stereocenters. The van der Waals surface area contributed by atoms with Crippen molar-refractivity contribution < 1.29 is 14.7 Å². The fraction of sp³-hybridized carbons (Fsp3) is 0.739. The summed E-state index contributed by atoms with van der Waals surface area (Å²) >= 11 is 0. The first kappa shape index (κ1) is 15.4. The number of hydrogen-bond acceptors (Lipinski definition) is 4. The smallest absolute Gasteiger partial charge is 0.331 e. The van der Waals surface area contributed by atoms with Crippen molar-refractivity contribution in [2.45, 2.75) is 51.0 Å². The molecule has 1 aliphatic heterocycles. The van der Waals surface area contributed by atoms with Gasteiger partial charge >= 0.3 is 5.97 Å². The van der Waals surface area contributed by atoms with Crippen LogP contribution < -0.4 is 0 Å². The van der Waals surface area contributed by atoms with Gasteiger partial charge in [0.05, 0.1) is 5.71 Å². The standard InChI is InChI=1S/C23H27NO3/c1-22-6-4-13-12-3-2-11(24-26)8-14(12)15-9-16(15)20(13)21(22)17-10-18(17)23(22)7-5-19(25)27-23/h5,7-8,12-13,15-18,20-21,26H,2-4,6,9-10H2,1H3/b24-11+/t12-,13?,15-,16-,17-,18+,20?,21?,22+,23+/m1/s1. The average molecular weight is 365 g/mol. The highest BCUT2D eigenvalue weighted by molar-refractivity contribution is 5.96. The Morgan fingerprint density at radius 2 is 2.07 bits per heavy atom. The maximum atomic E-state index is 12.0. The van der Waals surface area contributed by atoms with Crippen LogP contribution in [0.15, 0.2) is 29.0 Å². The summed E-state index contributed by atoms with van der Waals surface area (Å²) in [5.41, 5.74) is 2.33. The summed E-state index contributed by atoms with van der Waals surface area (Å²) in [7, 11) is 0. The number of oxime groups is 1. The van der Waals surface area contributed by atoms with E-state index in [2.05, 4.69) is 24.2 Å². The molecule has 142 valence electrons. The van der Waals surface area contributed by atoms with E-state index in [4.69, 9.17) is 4.74 Å². The SMILES string of the molecule is C[C@]12CCC3C(C1[C@@H]1C[C@@H]1[C@@]21C=CC(=O)O1)[C@@H]1C[C@@H]1C1=C/C(=N/O)CC[C@@H]13. The van der Waals surface area contributed by atoms with E-state index >= 15 is 0 Å². The molecule has 5 saturated carbocycles. The lowest BCUT2D eigenvalue weighted by Gasteiger charge is -2.56. The maximum Gasteiger partial charge on any atom is 0.331 e. The molecule has 1 spiro atoms. The van der Waals surface area contributed by atoms with Gasteiger partial charge in [0.15, 0.2) is 0 Å². The zero-order chi connectivity index (χ0) is 18.1. The summed E-state index contributed by atoms with van der Waals surface area (Å²) in [6.07, 6.45) is 13.2. The van der Waals surface area contributed by atoms with Crippen LogP contribution in [0, 0.1) is 52.8 Å². The molecule has 4 nitrogen and oxygen atoms in total. The Kier molecular flexibility index (Phi) is 2.57. The summed E-state index contributed by atoms with van der Waals surface area (Å²) in [5.74, 6) is 5.78. The Balaban J connectivity index is 1.30. The van der Waals surface area contributed by atoms with E-state index in [-0.39, 0.29) is 17.0 Å². The van der Waals surface area contributed by atoms with Crippen molar-refractivity contribution in [1.82, 2.24) is 0 Å². The van der Waals surface area contributed by atoms with Crippen LogP contribution >= 0.6 is 0 Å². The molecule has 27 heavy (non-hydrogen) atoms. The molecule has 0 amide bonds. The second-order valence-corrected chi connectivity index (χ2v) is 10.7. The molecule has 0 aromatic heterocycles. The van der Waals surface area contributed by atoms with Gasteiger partial charge < -0.3 is 9.94 Å². The highest BCUT2D eigenvalue weighted by Gasteiger charge is 2.79. The highest BCUT2D eigenvalue weighted by atomic mass is 16.6. The van der Waals surface area contributed by atoms with E-state index in [9.17, 15) is 10.0 Å². The van der Waals surface area contributed by atoms with Gasteiger partial charge in [0.25, 0.3) is 0 Å². The fourth-order valence-electron chi connectivity index (χ4n) is 9.03. The Hall–Kier alpha value is -1.58. The predicted octanol–water partition coefficient (Wildman–Crippen LogP) is 3.95. The number of hydrogen-bond donors (Lipinski definition) is 1. The lowest BCUT2D eigenvalue weighted by molar-refractivity contribution is -0.168. The monoisotopic (exact) mass is 365 g/mol. The number of rotatable bonds is 0. The zero-order valence-corrected chi connectivity index (χ0v) is 15.8. The number of allylic oxidation sites excluding steroid dienone is 2. The first-order chi connectivity index (χ1) is 13.1. The number of carbonyl (C=O) groups is 1. The number of carbonyl (C=O) groups excluding carboxylic acids is 1. The number of ether oxygens (including phenoxy) is 1. The van der Waals surface area contributed by atoms with Crippen molar-refractivity contribution in [3.63, 3.8) is 0 Å². The van der Waals surface area contributed by atoms with E-state index in [0.29, 0.717) is 11.8 Å². The van der Waals surface area contributed by atoms with Crippen LogP contribution in [-0.4, -0.2) is 22.5 Å². The number of fused-ring (bicyclic) bond motifs is 12. The molecule has 1 heterocycles. The Morgan fingerprint density at radius 1 is 1.19 bits per heavy atom. The summed E-state index contributed by atoms with van der Waals surface area (Å²) in [5, 5.41) is 12.8. The van der Waals surface area contributed by atoms with Crippen LogP contribution in [0.3, 0.4) is 0 Å². The maximum absolute atomic E-state index is 12.0. The molecule has 0 aromatic rings. The summed E-state index contributed by atoms with van der Waals surface area (Å²) in [6, 6.07) is 0. The molecule has 5 fully saturated rings. The van der Waals surface area contributed by atoms with Crippen LogP contribution in [0.2, 0.25) is 0 Å². The van der Waals surface area contributed by atoms with Crippen LogP contribution in [0.25, 0.3) is 0 Å². The van der Waals surface area contributed by atoms with E-state index < -0.39 is 0 Å². The Labute approximate surface area is 159 Å². The molecule has 7 rings (SSSR count). The summed E-state index contributed by atoms with van der Waals surface area (Å²) < 4.78 is 6.10. The second-order valence-electron chi connectivity index (χ2n) is 10.7. The molecule has 1 N–H and O–H groups in total. The number of esters is 1. The molecular formula is C23H27NO3. The number of nitrogens with zero attached hydrogens (tertiary/aromatic N) is 1. The first-order valence-electron chi connectivity index (χ1n) is 10.9. The third-order valence-corrected chi connectivity index (χ3v) is 10.0. The molecule has 6 aliphatic carbocycles. The van der Waals surface area contributed by atoms with Crippen molar-refractivity contribution in [2.75, 3.05) is 0 Å². The van der Waals surface area contributed by atoms with Gasteiger partial charge in [0.1, 0.15) is 5.60 Å². The van der Waals surface area contributed by atoms with Crippen LogP contribution in [0.4, 0.5) is 0 Å². The van der Waals surface area contributed by atoms with E-state index in [0.717, 1.165) is 54.1 Å². The molecule has 0 radical (unpaired) electrons. The normalized spacial score (nSPS) is 60.1. The van der Waals surface area contributed by atoms with Crippen molar-refractivity contribution in [3.05, 3.63) is 23.8 Å². The average Bonchev–Trinajstić information content (AvgIpc) is 3.58. The Morgan fingerprint density at radius 3 is 2.85 bits per heavy atom. The highest BCUT2D eigenvalue weighted by Crippen LogP contribution is 2.80. The van der Waals surface area contributed by atoms with Gasteiger partial charge in [-0.05, 0) is 92.1 Å². The van der Waals surface area contributed by atoms with Crippen LogP contribution in [0.1, 0.15) is 45.4 Å². The van der Waals surface area contributed by atoms with Crippen molar-refractivity contribution in [2.24, 2.45) is 57.9 Å². The van der Waals surface area contributed by atoms with E-state index in [1.54, 1.807) is 11.6 Å². The fourth-order valence-corrected chi connectivity index (χ4v) is 9.03. The third kappa shape index (κ3) is 1.61. The van der Waals surface area contributed by atoms with Crippen molar-refractivity contribution in [3.8, 4) is 0 Å². The van der Waals surface area contributed by atoms with Gasteiger partial charge in [-0.1, -0.05) is 17.7 Å². The molecule has 4 heteroatoms. The van der Waals surface area contributed by atoms with Gasteiger partial charge in [0, 0.05) is 17.4 Å². The van der Waals surface area contributed by atoms with Crippen LogP contribution in [0.5, 0.6) is 0 Å². The molecule has 7 aliphatic rings. The van der Waals surface area contributed by atoms with E-state index in [1.165, 1.54) is 25.7 Å². The van der Waals surface area contributed by atoms with Crippen molar-refractivity contribution >= 4 is 11.7 Å². The third-order valence-electron chi connectivity index (χ3n) is 10.0. The second kappa shape index (κ2) is 4.52. The quantitative estimate of drug-likeness (QED) is 0.402. The molecule has 0 aromatic carbocycles. The topological polar surface area (TPSA) is 58.9 Å². The Bertz CT molecular complexity index is 858. The van der Waals surface area contributed by atoms with Crippen LogP contribution in [-0.2, 0) is 9.53 Å². The van der Waals surface area contributed by atoms with E-state index in [1.807, 2.05) is 0 Å². The minimum atomic E-state index is -0.297. The van der Waals surface area contributed by atoms with Crippen molar-refractivity contribution in [1.29, 1.82) is 0 Å². The van der Waals surface area contributed by atoms with Gasteiger partial charge in [-0.3, -0.25) is 0 Å². The predicted molar refractivity (Wildman–Crippen MR) is 99.0 cm³/mol.